The van der Waals surface area contributed by atoms with E-state index < -0.39 is 0 Å². The molecule has 0 aliphatic rings. The SMILES string of the molecule is C=CCNC(=O)CNCc1cnc(C)s1. The Morgan fingerprint density at radius 1 is 1.73 bits per heavy atom. The number of carbonyl (C=O) groups excluding carboxylic acids is 1. The van der Waals surface area contributed by atoms with E-state index in [1.807, 2.05) is 13.1 Å². The summed E-state index contributed by atoms with van der Waals surface area (Å²) in [6, 6.07) is 0. The molecule has 0 saturated heterocycles. The van der Waals surface area contributed by atoms with Crippen LogP contribution in [0.5, 0.6) is 0 Å². The van der Waals surface area contributed by atoms with E-state index in [4.69, 9.17) is 0 Å². The van der Waals surface area contributed by atoms with Crippen LogP contribution in [-0.2, 0) is 11.3 Å². The summed E-state index contributed by atoms with van der Waals surface area (Å²) < 4.78 is 0. The molecular weight excluding hydrogens is 210 g/mol. The molecule has 0 bridgehead atoms. The second-order valence-corrected chi connectivity index (χ2v) is 4.36. The number of hydrogen-bond donors (Lipinski definition) is 2. The highest BCUT2D eigenvalue weighted by atomic mass is 32.1. The number of aryl methyl sites for hydroxylation is 1. The predicted octanol–water partition coefficient (Wildman–Crippen LogP) is 0.843. The van der Waals surface area contributed by atoms with Crippen LogP contribution in [0.3, 0.4) is 0 Å². The lowest BCUT2D eigenvalue weighted by molar-refractivity contribution is -0.120. The first-order chi connectivity index (χ1) is 7.22. The molecule has 82 valence electrons. The van der Waals surface area contributed by atoms with Gasteiger partial charge in [-0.2, -0.15) is 0 Å². The summed E-state index contributed by atoms with van der Waals surface area (Å²) in [5.74, 6) is -0.0175. The van der Waals surface area contributed by atoms with Crippen LogP contribution in [0.15, 0.2) is 18.9 Å². The van der Waals surface area contributed by atoms with Gasteiger partial charge in [0.05, 0.1) is 11.6 Å². The molecule has 0 aromatic carbocycles. The highest BCUT2D eigenvalue weighted by Crippen LogP contribution is 2.10. The molecule has 0 radical (unpaired) electrons. The molecule has 0 saturated carbocycles. The normalized spacial score (nSPS) is 9.93. The van der Waals surface area contributed by atoms with Crippen LogP contribution in [0.4, 0.5) is 0 Å². The van der Waals surface area contributed by atoms with E-state index in [1.165, 1.54) is 0 Å². The van der Waals surface area contributed by atoms with Crippen LogP contribution in [-0.4, -0.2) is 24.0 Å². The van der Waals surface area contributed by atoms with Crippen LogP contribution in [0, 0.1) is 6.92 Å². The summed E-state index contributed by atoms with van der Waals surface area (Å²) >= 11 is 1.64. The fourth-order valence-electron chi connectivity index (χ4n) is 1.03. The van der Waals surface area contributed by atoms with Gasteiger partial charge in [-0.3, -0.25) is 4.79 Å². The second-order valence-electron chi connectivity index (χ2n) is 3.04. The summed E-state index contributed by atoms with van der Waals surface area (Å²) in [7, 11) is 0. The highest BCUT2D eigenvalue weighted by molar-refractivity contribution is 7.11. The molecule has 15 heavy (non-hydrogen) atoms. The van der Waals surface area contributed by atoms with Gasteiger partial charge in [-0.1, -0.05) is 6.08 Å². The van der Waals surface area contributed by atoms with Gasteiger partial charge < -0.3 is 10.6 Å². The van der Waals surface area contributed by atoms with E-state index in [0.717, 1.165) is 9.88 Å². The minimum Gasteiger partial charge on any atom is -0.352 e. The highest BCUT2D eigenvalue weighted by Gasteiger charge is 2.00. The molecule has 0 atom stereocenters. The Balaban J connectivity index is 2.16. The Kier molecular flexibility index (Phi) is 5.00. The number of amides is 1. The van der Waals surface area contributed by atoms with Crippen molar-refractivity contribution >= 4 is 17.2 Å². The van der Waals surface area contributed by atoms with E-state index >= 15 is 0 Å². The minimum absolute atomic E-state index is 0.0175. The summed E-state index contributed by atoms with van der Waals surface area (Å²) in [6.45, 7) is 7.01. The molecule has 0 unspecified atom stereocenters. The maximum Gasteiger partial charge on any atom is 0.234 e. The van der Waals surface area contributed by atoms with E-state index in [2.05, 4.69) is 22.2 Å². The third-order valence-corrected chi connectivity index (χ3v) is 2.61. The maximum absolute atomic E-state index is 11.2. The van der Waals surface area contributed by atoms with Crippen molar-refractivity contribution in [1.82, 2.24) is 15.6 Å². The smallest absolute Gasteiger partial charge is 0.234 e. The topological polar surface area (TPSA) is 54.0 Å². The molecule has 0 aliphatic heterocycles. The number of nitrogens with one attached hydrogen (secondary N) is 2. The quantitative estimate of drug-likeness (QED) is 0.706. The number of hydrogen-bond acceptors (Lipinski definition) is 4. The van der Waals surface area contributed by atoms with E-state index in [9.17, 15) is 4.79 Å². The molecule has 5 heteroatoms. The average Bonchev–Trinajstić information content (AvgIpc) is 2.61. The van der Waals surface area contributed by atoms with Crippen molar-refractivity contribution < 1.29 is 4.79 Å². The van der Waals surface area contributed by atoms with Gasteiger partial charge in [-0.15, -0.1) is 17.9 Å². The van der Waals surface area contributed by atoms with Crippen molar-refractivity contribution in [3.05, 3.63) is 28.7 Å². The van der Waals surface area contributed by atoms with Gasteiger partial charge in [-0.05, 0) is 6.92 Å². The van der Waals surface area contributed by atoms with E-state index in [0.29, 0.717) is 19.6 Å². The lowest BCUT2D eigenvalue weighted by Gasteiger charge is -2.02. The monoisotopic (exact) mass is 225 g/mol. The number of nitrogens with zero attached hydrogens (tertiary/aromatic N) is 1. The van der Waals surface area contributed by atoms with Gasteiger partial charge in [-0.25, -0.2) is 4.98 Å². The Labute approximate surface area is 93.4 Å². The molecule has 1 heterocycles. The zero-order valence-corrected chi connectivity index (χ0v) is 9.56. The Bertz CT molecular complexity index is 335. The van der Waals surface area contributed by atoms with Crippen molar-refractivity contribution in [3.63, 3.8) is 0 Å². The van der Waals surface area contributed by atoms with Gasteiger partial charge in [0.15, 0.2) is 0 Å². The van der Waals surface area contributed by atoms with Crippen LogP contribution in [0.2, 0.25) is 0 Å². The molecule has 0 aliphatic carbocycles. The van der Waals surface area contributed by atoms with Crippen LogP contribution < -0.4 is 10.6 Å². The van der Waals surface area contributed by atoms with Crippen molar-refractivity contribution in [2.45, 2.75) is 13.5 Å². The Morgan fingerprint density at radius 2 is 2.53 bits per heavy atom. The zero-order chi connectivity index (χ0) is 11.1. The second kappa shape index (κ2) is 6.31. The number of carbonyl (C=O) groups is 1. The lowest BCUT2D eigenvalue weighted by Crippen LogP contribution is -2.33. The van der Waals surface area contributed by atoms with Gasteiger partial charge in [0.2, 0.25) is 5.91 Å². The molecule has 4 nitrogen and oxygen atoms in total. The lowest BCUT2D eigenvalue weighted by atomic mass is 10.5. The maximum atomic E-state index is 11.2. The van der Waals surface area contributed by atoms with Crippen molar-refractivity contribution in [2.24, 2.45) is 0 Å². The summed E-state index contributed by atoms with van der Waals surface area (Å²) in [4.78, 5) is 16.4. The molecule has 0 fully saturated rings. The minimum atomic E-state index is -0.0175. The molecule has 1 aromatic heterocycles. The molecular formula is C10H15N3OS. The Morgan fingerprint density at radius 3 is 3.13 bits per heavy atom. The average molecular weight is 225 g/mol. The fourth-order valence-corrected chi connectivity index (χ4v) is 1.80. The van der Waals surface area contributed by atoms with Crippen LogP contribution in [0.25, 0.3) is 0 Å². The van der Waals surface area contributed by atoms with Crippen LogP contribution in [0.1, 0.15) is 9.88 Å². The molecule has 2 N–H and O–H groups in total. The fraction of sp³-hybridized carbons (Fsp3) is 0.400. The molecule has 1 rings (SSSR count). The van der Waals surface area contributed by atoms with Crippen LogP contribution >= 0.6 is 11.3 Å². The summed E-state index contributed by atoms with van der Waals surface area (Å²) in [6.07, 6.45) is 3.49. The standard InChI is InChI=1S/C10H15N3OS/c1-3-4-12-10(14)7-11-5-9-6-13-8(2)15-9/h3,6,11H,1,4-5,7H2,2H3,(H,12,14). The van der Waals surface area contributed by atoms with Gasteiger partial charge in [0.1, 0.15) is 0 Å². The van der Waals surface area contributed by atoms with Crippen molar-refractivity contribution in [1.29, 1.82) is 0 Å². The number of rotatable bonds is 6. The first-order valence-corrected chi connectivity index (χ1v) is 5.53. The Hall–Kier alpha value is -1.20. The van der Waals surface area contributed by atoms with Crippen molar-refractivity contribution in [3.8, 4) is 0 Å². The largest absolute Gasteiger partial charge is 0.352 e. The van der Waals surface area contributed by atoms with E-state index in [1.54, 1.807) is 17.4 Å². The third-order valence-electron chi connectivity index (χ3n) is 1.70. The predicted molar refractivity (Wildman–Crippen MR) is 61.8 cm³/mol. The summed E-state index contributed by atoms with van der Waals surface area (Å²) in [5.41, 5.74) is 0. The molecule has 0 spiro atoms. The number of thiazole rings is 1. The summed E-state index contributed by atoms with van der Waals surface area (Å²) in [5, 5.41) is 6.78. The van der Waals surface area contributed by atoms with Gasteiger partial charge in [0, 0.05) is 24.2 Å². The first kappa shape index (κ1) is 11.9. The van der Waals surface area contributed by atoms with Gasteiger partial charge in [0.25, 0.3) is 0 Å². The third kappa shape index (κ3) is 4.71. The van der Waals surface area contributed by atoms with E-state index in [-0.39, 0.29) is 5.91 Å². The number of aromatic nitrogens is 1. The molecule has 1 aromatic rings. The van der Waals surface area contributed by atoms with Gasteiger partial charge >= 0.3 is 0 Å². The van der Waals surface area contributed by atoms with Crippen molar-refractivity contribution in [2.75, 3.05) is 13.1 Å². The zero-order valence-electron chi connectivity index (χ0n) is 8.75. The first-order valence-electron chi connectivity index (χ1n) is 4.72. The molecule has 1 amide bonds.